The Morgan fingerprint density at radius 1 is 1.26 bits per heavy atom. The summed E-state index contributed by atoms with van der Waals surface area (Å²) in [6.45, 7) is 5.49. The van der Waals surface area contributed by atoms with Gasteiger partial charge < -0.3 is 14.8 Å². The Bertz CT molecular complexity index is 620. The molecule has 1 amide bonds. The number of rotatable bonds is 8. The van der Waals surface area contributed by atoms with Crippen LogP contribution in [-0.4, -0.2) is 35.9 Å². The Labute approximate surface area is 136 Å². The first-order valence-corrected chi connectivity index (χ1v) is 7.63. The van der Waals surface area contributed by atoms with Crippen molar-refractivity contribution in [3.63, 3.8) is 0 Å². The molecule has 0 aliphatic heterocycles. The van der Waals surface area contributed by atoms with Gasteiger partial charge in [0, 0.05) is 19.9 Å². The number of hydrogen-bond acceptors (Lipinski definition) is 4. The fraction of sp³-hybridized carbons (Fsp3) is 0.412. The van der Waals surface area contributed by atoms with Gasteiger partial charge in [-0.1, -0.05) is 26.0 Å². The second kappa shape index (κ2) is 8.33. The Morgan fingerprint density at radius 2 is 2.00 bits per heavy atom. The first-order valence-electron chi connectivity index (χ1n) is 7.63. The average molecular weight is 317 g/mol. The lowest BCUT2D eigenvalue weighted by Crippen LogP contribution is -2.27. The zero-order chi connectivity index (χ0) is 16.7. The number of ether oxygens (including phenoxy) is 2. The predicted octanol–water partition coefficient (Wildman–Crippen LogP) is 2.42. The molecule has 2 rings (SSSR count). The minimum atomic E-state index is -0.220. The maximum Gasteiger partial charge on any atom is 0.271 e. The molecule has 6 nitrogen and oxygen atoms in total. The van der Waals surface area contributed by atoms with Gasteiger partial charge in [-0.25, -0.2) is 4.68 Å². The van der Waals surface area contributed by atoms with Crippen molar-refractivity contribution in [2.24, 2.45) is 0 Å². The van der Waals surface area contributed by atoms with Gasteiger partial charge in [0.1, 0.15) is 11.4 Å². The second-order valence-electron chi connectivity index (χ2n) is 5.49. The van der Waals surface area contributed by atoms with Crippen molar-refractivity contribution >= 4 is 5.91 Å². The van der Waals surface area contributed by atoms with Crippen LogP contribution in [0.25, 0.3) is 0 Å². The van der Waals surface area contributed by atoms with Gasteiger partial charge in [0.2, 0.25) is 0 Å². The van der Waals surface area contributed by atoms with Crippen LogP contribution in [0.2, 0.25) is 0 Å². The molecule has 1 aromatic heterocycles. The number of carbonyl (C=O) groups is 1. The highest BCUT2D eigenvalue weighted by Gasteiger charge is 2.08. The first kappa shape index (κ1) is 17.0. The van der Waals surface area contributed by atoms with E-state index in [1.807, 2.05) is 12.1 Å². The molecule has 23 heavy (non-hydrogen) atoms. The minimum absolute atomic E-state index is 0.220. The molecule has 0 aliphatic rings. The standard InChI is InChI=1S/C17H23N3O3/c1-13(2)14-4-6-15(7-5-14)23-12-20-10-8-16(19-20)17(21)18-9-11-22-3/h4-8,10,13H,9,11-12H2,1-3H3,(H,18,21). The molecule has 0 atom stereocenters. The number of nitrogens with zero attached hydrogens (tertiary/aromatic N) is 2. The van der Waals surface area contributed by atoms with E-state index in [9.17, 15) is 4.79 Å². The van der Waals surface area contributed by atoms with Gasteiger partial charge in [-0.2, -0.15) is 5.10 Å². The van der Waals surface area contributed by atoms with E-state index in [1.54, 1.807) is 24.1 Å². The summed E-state index contributed by atoms with van der Waals surface area (Å²) in [6, 6.07) is 9.65. The highest BCUT2D eigenvalue weighted by Crippen LogP contribution is 2.18. The lowest BCUT2D eigenvalue weighted by atomic mass is 10.0. The van der Waals surface area contributed by atoms with Crippen molar-refractivity contribution in [2.45, 2.75) is 26.5 Å². The highest BCUT2D eigenvalue weighted by atomic mass is 16.5. The van der Waals surface area contributed by atoms with Crippen LogP contribution in [0, 0.1) is 0 Å². The quantitative estimate of drug-likeness (QED) is 0.759. The molecule has 1 aromatic carbocycles. The van der Waals surface area contributed by atoms with E-state index in [2.05, 4.69) is 36.4 Å². The molecule has 124 valence electrons. The van der Waals surface area contributed by atoms with Crippen LogP contribution in [0.5, 0.6) is 5.75 Å². The molecule has 0 spiro atoms. The normalized spacial score (nSPS) is 10.8. The third-order valence-corrected chi connectivity index (χ3v) is 3.38. The van der Waals surface area contributed by atoms with Crippen molar-refractivity contribution in [1.82, 2.24) is 15.1 Å². The van der Waals surface area contributed by atoms with Crippen LogP contribution < -0.4 is 10.1 Å². The Hall–Kier alpha value is -2.34. The van der Waals surface area contributed by atoms with Crippen molar-refractivity contribution in [3.8, 4) is 5.75 Å². The summed E-state index contributed by atoms with van der Waals surface area (Å²) < 4.78 is 12.1. The summed E-state index contributed by atoms with van der Waals surface area (Å²) in [5.74, 6) is 1.05. The molecule has 0 aliphatic carbocycles. The lowest BCUT2D eigenvalue weighted by molar-refractivity contribution is 0.0930. The molecule has 1 heterocycles. The summed E-state index contributed by atoms with van der Waals surface area (Å²) >= 11 is 0. The van der Waals surface area contributed by atoms with Crippen molar-refractivity contribution in [3.05, 3.63) is 47.8 Å². The van der Waals surface area contributed by atoms with E-state index in [0.717, 1.165) is 5.75 Å². The summed E-state index contributed by atoms with van der Waals surface area (Å²) in [5.41, 5.74) is 1.63. The minimum Gasteiger partial charge on any atom is -0.471 e. The van der Waals surface area contributed by atoms with E-state index in [-0.39, 0.29) is 12.6 Å². The van der Waals surface area contributed by atoms with Crippen molar-refractivity contribution < 1.29 is 14.3 Å². The summed E-state index contributed by atoms with van der Waals surface area (Å²) in [5, 5.41) is 6.91. The summed E-state index contributed by atoms with van der Waals surface area (Å²) in [6.07, 6.45) is 1.72. The molecule has 0 saturated carbocycles. The van der Waals surface area contributed by atoms with Gasteiger partial charge >= 0.3 is 0 Å². The molecule has 0 unspecified atom stereocenters. The maximum atomic E-state index is 11.8. The Balaban J connectivity index is 1.85. The molecule has 0 fully saturated rings. The number of nitrogens with one attached hydrogen (secondary N) is 1. The first-order chi connectivity index (χ1) is 11.1. The second-order valence-corrected chi connectivity index (χ2v) is 5.49. The summed E-state index contributed by atoms with van der Waals surface area (Å²) in [7, 11) is 1.59. The maximum absolute atomic E-state index is 11.8. The molecule has 0 saturated heterocycles. The van der Waals surface area contributed by atoms with Crippen LogP contribution in [0.15, 0.2) is 36.5 Å². The fourth-order valence-corrected chi connectivity index (χ4v) is 2.00. The van der Waals surface area contributed by atoms with Crippen LogP contribution in [0.3, 0.4) is 0 Å². The Morgan fingerprint density at radius 3 is 2.65 bits per heavy atom. The molecule has 0 radical (unpaired) electrons. The van der Waals surface area contributed by atoms with Gasteiger partial charge in [0.15, 0.2) is 6.73 Å². The number of benzene rings is 1. The largest absolute Gasteiger partial charge is 0.471 e. The van der Waals surface area contributed by atoms with E-state index < -0.39 is 0 Å². The third-order valence-electron chi connectivity index (χ3n) is 3.38. The number of aromatic nitrogens is 2. The van der Waals surface area contributed by atoms with Crippen LogP contribution in [0.1, 0.15) is 35.8 Å². The molecule has 1 N–H and O–H groups in total. The number of methoxy groups -OCH3 is 1. The molecule has 0 bridgehead atoms. The topological polar surface area (TPSA) is 65.4 Å². The molecule has 2 aromatic rings. The number of hydrogen-bond donors (Lipinski definition) is 1. The third kappa shape index (κ3) is 5.10. The zero-order valence-corrected chi connectivity index (χ0v) is 13.8. The lowest BCUT2D eigenvalue weighted by Gasteiger charge is -2.09. The van der Waals surface area contributed by atoms with E-state index >= 15 is 0 Å². The van der Waals surface area contributed by atoms with Crippen molar-refractivity contribution in [2.75, 3.05) is 20.3 Å². The molecule has 6 heteroatoms. The monoisotopic (exact) mass is 317 g/mol. The Kier molecular flexibility index (Phi) is 6.17. The van der Waals surface area contributed by atoms with Gasteiger partial charge in [0.25, 0.3) is 5.91 Å². The van der Waals surface area contributed by atoms with Crippen LogP contribution in [-0.2, 0) is 11.5 Å². The SMILES string of the molecule is COCCNC(=O)c1ccn(COc2ccc(C(C)C)cc2)n1. The predicted molar refractivity (Wildman–Crippen MR) is 87.6 cm³/mol. The average Bonchev–Trinajstić information content (AvgIpc) is 3.02. The number of carbonyl (C=O) groups excluding carboxylic acids is 1. The zero-order valence-electron chi connectivity index (χ0n) is 13.8. The van der Waals surface area contributed by atoms with Gasteiger partial charge in [-0.3, -0.25) is 4.79 Å². The fourth-order valence-electron chi connectivity index (χ4n) is 2.00. The summed E-state index contributed by atoms with van der Waals surface area (Å²) in [4.78, 5) is 11.8. The van der Waals surface area contributed by atoms with E-state index in [0.29, 0.717) is 24.8 Å². The van der Waals surface area contributed by atoms with Crippen LogP contribution in [0.4, 0.5) is 0 Å². The molecular weight excluding hydrogens is 294 g/mol. The smallest absolute Gasteiger partial charge is 0.271 e. The number of amides is 1. The van der Waals surface area contributed by atoms with Gasteiger partial charge in [0.05, 0.1) is 6.61 Å². The van der Waals surface area contributed by atoms with Crippen molar-refractivity contribution in [1.29, 1.82) is 0 Å². The van der Waals surface area contributed by atoms with E-state index in [1.165, 1.54) is 5.56 Å². The van der Waals surface area contributed by atoms with Gasteiger partial charge in [-0.15, -0.1) is 0 Å². The van der Waals surface area contributed by atoms with Crippen LogP contribution >= 0.6 is 0 Å². The molecular formula is C17H23N3O3. The highest BCUT2D eigenvalue weighted by molar-refractivity contribution is 5.92. The van der Waals surface area contributed by atoms with E-state index in [4.69, 9.17) is 9.47 Å². The van der Waals surface area contributed by atoms with Gasteiger partial charge in [-0.05, 0) is 29.7 Å².